The number of carboxylic acid groups (broad SMARTS) is 1. The van der Waals surface area contributed by atoms with Crippen molar-refractivity contribution in [2.24, 2.45) is 0 Å². The Morgan fingerprint density at radius 2 is 1.63 bits per heavy atom. The number of rotatable bonds is 10. The lowest BCUT2D eigenvalue weighted by Crippen LogP contribution is -2.02. The topological polar surface area (TPSA) is 58.6 Å². The van der Waals surface area contributed by atoms with Crippen molar-refractivity contribution in [3.05, 3.63) is 102 Å². The molecule has 2 N–H and O–H groups in total. The quantitative estimate of drug-likeness (QED) is 0.456. The first-order valence-corrected chi connectivity index (χ1v) is 10.0. The van der Waals surface area contributed by atoms with Crippen LogP contribution in [-0.4, -0.2) is 17.7 Å². The highest BCUT2D eigenvalue weighted by atomic mass is 16.5. The summed E-state index contributed by atoms with van der Waals surface area (Å²) < 4.78 is 5.89. The molecule has 4 heteroatoms. The van der Waals surface area contributed by atoms with Gasteiger partial charge in [0, 0.05) is 18.7 Å². The molecule has 0 saturated heterocycles. The highest BCUT2D eigenvalue weighted by Gasteiger charge is 2.04. The van der Waals surface area contributed by atoms with E-state index in [2.05, 4.69) is 31.0 Å². The van der Waals surface area contributed by atoms with Gasteiger partial charge in [0.1, 0.15) is 12.4 Å². The Balaban J connectivity index is 1.47. The molecule has 0 spiro atoms. The van der Waals surface area contributed by atoms with Crippen LogP contribution in [0.15, 0.2) is 79.4 Å². The van der Waals surface area contributed by atoms with Crippen molar-refractivity contribution in [3.8, 4) is 5.75 Å². The Labute approximate surface area is 177 Å². The van der Waals surface area contributed by atoms with Crippen molar-refractivity contribution in [2.75, 3.05) is 11.9 Å². The molecule has 0 aliphatic heterocycles. The van der Waals surface area contributed by atoms with Crippen LogP contribution in [0.4, 0.5) is 5.69 Å². The van der Waals surface area contributed by atoms with Crippen molar-refractivity contribution >= 4 is 17.2 Å². The molecule has 0 bridgehead atoms. The van der Waals surface area contributed by atoms with E-state index in [-0.39, 0.29) is 6.42 Å². The van der Waals surface area contributed by atoms with Crippen LogP contribution in [-0.2, 0) is 17.8 Å². The van der Waals surface area contributed by atoms with Gasteiger partial charge in [-0.05, 0) is 65.4 Å². The standard InChI is InChI=1S/C26H27NO3/c1-19-5-3-4-6-25(19)20(2)18-30-24-14-9-22(10-15-24)17-27-23-12-7-21(8-13-23)11-16-26(28)29/h3-10,12-15,27H,2,11,16-18H2,1H3,(H,28,29). The number of carboxylic acids is 1. The molecule has 0 heterocycles. The van der Waals surface area contributed by atoms with E-state index in [0.717, 1.165) is 33.7 Å². The predicted molar refractivity (Wildman–Crippen MR) is 122 cm³/mol. The minimum Gasteiger partial charge on any atom is -0.489 e. The fourth-order valence-corrected chi connectivity index (χ4v) is 3.17. The first kappa shape index (κ1) is 21.2. The number of nitrogens with one attached hydrogen (secondary N) is 1. The Bertz CT molecular complexity index is 992. The third-order valence-corrected chi connectivity index (χ3v) is 4.94. The highest BCUT2D eigenvalue weighted by molar-refractivity contribution is 5.67. The summed E-state index contributed by atoms with van der Waals surface area (Å²) in [6.07, 6.45) is 0.701. The lowest BCUT2D eigenvalue weighted by atomic mass is 10.0. The van der Waals surface area contributed by atoms with Crippen molar-refractivity contribution in [1.82, 2.24) is 0 Å². The maximum atomic E-state index is 10.7. The number of anilines is 1. The molecule has 0 aliphatic rings. The number of hydrogen-bond acceptors (Lipinski definition) is 3. The first-order valence-electron chi connectivity index (χ1n) is 10.0. The molecule has 3 rings (SSSR count). The number of ether oxygens (including phenoxy) is 1. The minimum absolute atomic E-state index is 0.152. The largest absolute Gasteiger partial charge is 0.489 e. The van der Waals surface area contributed by atoms with E-state index >= 15 is 0 Å². The monoisotopic (exact) mass is 401 g/mol. The average molecular weight is 402 g/mol. The summed E-state index contributed by atoms with van der Waals surface area (Å²) in [5, 5.41) is 12.1. The lowest BCUT2D eigenvalue weighted by Gasteiger charge is -2.12. The van der Waals surface area contributed by atoms with Crippen LogP contribution in [0.1, 0.15) is 28.7 Å². The minimum atomic E-state index is -0.774. The fourth-order valence-electron chi connectivity index (χ4n) is 3.17. The molecule has 3 aromatic carbocycles. The predicted octanol–water partition coefficient (Wildman–Crippen LogP) is 5.72. The summed E-state index contributed by atoms with van der Waals surface area (Å²) in [4.78, 5) is 10.7. The van der Waals surface area contributed by atoms with Crippen LogP contribution >= 0.6 is 0 Å². The van der Waals surface area contributed by atoms with E-state index in [0.29, 0.717) is 19.6 Å². The van der Waals surface area contributed by atoms with Gasteiger partial charge >= 0.3 is 5.97 Å². The second-order valence-corrected chi connectivity index (χ2v) is 7.30. The third kappa shape index (κ3) is 6.24. The van der Waals surface area contributed by atoms with Crippen LogP contribution in [0, 0.1) is 6.92 Å². The molecule has 0 unspecified atom stereocenters. The van der Waals surface area contributed by atoms with E-state index in [1.165, 1.54) is 5.56 Å². The smallest absolute Gasteiger partial charge is 0.303 e. The lowest BCUT2D eigenvalue weighted by molar-refractivity contribution is -0.136. The van der Waals surface area contributed by atoms with Gasteiger partial charge in [-0.1, -0.05) is 55.1 Å². The van der Waals surface area contributed by atoms with Gasteiger partial charge < -0.3 is 15.2 Å². The zero-order valence-corrected chi connectivity index (χ0v) is 17.2. The first-order chi connectivity index (χ1) is 14.5. The number of carbonyl (C=O) groups is 1. The van der Waals surface area contributed by atoms with E-state index < -0.39 is 5.97 Å². The van der Waals surface area contributed by atoms with E-state index in [9.17, 15) is 4.79 Å². The number of aryl methyl sites for hydroxylation is 2. The van der Waals surface area contributed by atoms with E-state index in [4.69, 9.17) is 9.84 Å². The van der Waals surface area contributed by atoms with Gasteiger partial charge in [-0.3, -0.25) is 4.79 Å². The van der Waals surface area contributed by atoms with Crippen LogP contribution in [0.2, 0.25) is 0 Å². The van der Waals surface area contributed by atoms with Gasteiger partial charge in [-0.15, -0.1) is 0 Å². The molecular formula is C26H27NO3. The van der Waals surface area contributed by atoms with Gasteiger partial charge in [0.05, 0.1) is 0 Å². The molecule has 154 valence electrons. The molecule has 30 heavy (non-hydrogen) atoms. The van der Waals surface area contributed by atoms with Crippen molar-refractivity contribution in [3.63, 3.8) is 0 Å². The van der Waals surface area contributed by atoms with Crippen molar-refractivity contribution in [1.29, 1.82) is 0 Å². The second-order valence-electron chi connectivity index (χ2n) is 7.30. The molecule has 0 fully saturated rings. The Morgan fingerprint density at radius 1 is 0.967 bits per heavy atom. The van der Waals surface area contributed by atoms with Crippen LogP contribution in [0.5, 0.6) is 5.75 Å². The van der Waals surface area contributed by atoms with Gasteiger partial charge in [0.25, 0.3) is 0 Å². The summed E-state index contributed by atoms with van der Waals surface area (Å²) >= 11 is 0. The summed E-state index contributed by atoms with van der Waals surface area (Å²) in [6.45, 7) is 7.37. The molecule has 4 nitrogen and oxygen atoms in total. The maximum absolute atomic E-state index is 10.7. The Kier molecular flexibility index (Phi) is 7.28. The SMILES string of the molecule is C=C(COc1ccc(CNc2ccc(CCC(=O)O)cc2)cc1)c1ccccc1C. The van der Waals surface area contributed by atoms with Gasteiger partial charge in [0.15, 0.2) is 0 Å². The molecular weight excluding hydrogens is 374 g/mol. The summed E-state index contributed by atoms with van der Waals surface area (Å²) in [5.74, 6) is 0.0420. The molecule has 0 radical (unpaired) electrons. The molecule has 0 aromatic heterocycles. The summed E-state index contributed by atoms with van der Waals surface area (Å²) in [6, 6.07) is 24.1. The fraction of sp³-hybridized carbons (Fsp3) is 0.192. The Morgan fingerprint density at radius 3 is 2.30 bits per heavy atom. The summed E-state index contributed by atoms with van der Waals surface area (Å²) in [5.41, 5.74) is 6.47. The zero-order valence-electron chi connectivity index (χ0n) is 17.2. The number of hydrogen-bond donors (Lipinski definition) is 2. The van der Waals surface area contributed by atoms with Crippen molar-refractivity contribution < 1.29 is 14.6 Å². The number of benzene rings is 3. The van der Waals surface area contributed by atoms with E-state index in [1.807, 2.05) is 60.7 Å². The molecule has 0 amide bonds. The Hall–Kier alpha value is -3.53. The normalized spacial score (nSPS) is 10.4. The van der Waals surface area contributed by atoms with Crippen LogP contribution in [0.3, 0.4) is 0 Å². The molecule has 0 aliphatic carbocycles. The number of aliphatic carboxylic acids is 1. The van der Waals surface area contributed by atoms with E-state index in [1.54, 1.807) is 0 Å². The zero-order chi connectivity index (χ0) is 21.3. The van der Waals surface area contributed by atoms with Crippen LogP contribution in [0.25, 0.3) is 5.57 Å². The summed E-state index contributed by atoms with van der Waals surface area (Å²) in [7, 11) is 0. The second kappa shape index (κ2) is 10.3. The molecule has 0 atom stereocenters. The van der Waals surface area contributed by atoms with Gasteiger partial charge in [-0.25, -0.2) is 0 Å². The molecule has 3 aromatic rings. The highest BCUT2D eigenvalue weighted by Crippen LogP contribution is 2.20. The van der Waals surface area contributed by atoms with Gasteiger partial charge in [0.2, 0.25) is 0 Å². The average Bonchev–Trinajstić information content (AvgIpc) is 2.76. The third-order valence-electron chi connectivity index (χ3n) is 4.94. The van der Waals surface area contributed by atoms with Gasteiger partial charge in [-0.2, -0.15) is 0 Å². The van der Waals surface area contributed by atoms with Crippen molar-refractivity contribution in [2.45, 2.75) is 26.3 Å². The van der Waals surface area contributed by atoms with Crippen LogP contribution < -0.4 is 10.1 Å². The molecule has 0 saturated carbocycles. The maximum Gasteiger partial charge on any atom is 0.303 e.